The van der Waals surface area contributed by atoms with E-state index in [1.807, 2.05) is 20.8 Å². The second kappa shape index (κ2) is 6.99. The van der Waals surface area contributed by atoms with E-state index in [2.05, 4.69) is 20.8 Å². The first-order valence-electron chi connectivity index (χ1n) is 7.12. The van der Waals surface area contributed by atoms with Crippen LogP contribution in [0.15, 0.2) is 30.6 Å². The summed E-state index contributed by atoms with van der Waals surface area (Å²) in [5.74, 6) is 0.169. The Labute approximate surface area is 133 Å². The van der Waals surface area contributed by atoms with Gasteiger partial charge in [-0.05, 0) is 34.7 Å². The van der Waals surface area contributed by atoms with Crippen LogP contribution in [0.3, 0.4) is 0 Å². The van der Waals surface area contributed by atoms with E-state index in [1.165, 1.54) is 11.0 Å². The maximum atomic E-state index is 11.7. The molecule has 23 heavy (non-hydrogen) atoms. The molecule has 1 aromatic carbocycles. The number of Topliss-reactive ketones (excluding diaryl/α,β-unsaturated/α-hetero) is 1. The summed E-state index contributed by atoms with van der Waals surface area (Å²) < 4.78 is 6.88. The number of hydrogen-bond acceptors (Lipinski definition) is 6. The SMILES string of the molecule is CC(C)(C)C(=O)CNC(=O)COc1ccc(-n2cnnn2)cc1. The van der Waals surface area contributed by atoms with Gasteiger partial charge in [0.1, 0.15) is 12.1 Å². The Morgan fingerprint density at radius 2 is 1.91 bits per heavy atom. The summed E-state index contributed by atoms with van der Waals surface area (Å²) >= 11 is 0. The van der Waals surface area contributed by atoms with Gasteiger partial charge in [-0.1, -0.05) is 20.8 Å². The monoisotopic (exact) mass is 317 g/mol. The van der Waals surface area contributed by atoms with Gasteiger partial charge in [0.15, 0.2) is 12.4 Å². The van der Waals surface area contributed by atoms with Crippen molar-refractivity contribution in [3.05, 3.63) is 30.6 Å². The van der Waals surface area contributed by atoms with Gasteiger partial charge in [0.2, 0.25) is 0 Å². The molecule has 0 atom stereocenters. The van der Waals surface area contributed by atoms with Crippen LogP contribution in [0.2, 0.25) is 0 Å². The van der Waals surface area contributed by atoms with Gasteiger partial charge < -0.3 is 10.1 Å². The Kier molecular flexibility index (Phi) is 5.05. The van der Waals surface area contributed by atoms with Crippen molar-refractivity contribution in [3.8, 4) is 11.4 Å². The number of hydrogen-bond donors (Lipinski definition) is 1. The summed E-state index contributed by atoms with van der Waals surface area (Å²) in [4.78, 5) is 23.4. The number of tetrazole rings is 1. The van der Waals surface area contributed by atoms with Gasteiger partial charge in [-0.2, -0.15) is 0 Å². The molecule has 0 unspecified atom stereocenters. The van der Waals surface area contributed by atoms with E-state index < -0.39 is 5.41 Å². The van der Waals surface area contributed by atoms with Crippen molar-refractivity contribution in [2.24, 2.45) is 5.41 Å². The molecule has 8 heteroatoms. The Hall–Kier alpha value is -2.77. The highest BCUT2D eigenvalue weighted by Crippen LogP contribution is 2.14. The molecule has 2 aromatic rings. The predicted octanol–water partition coefficient (Wildman–Crippen LogP) is 0.772. The smallest absolute Gasteiger partial charge is 0.258 e. The van der Waals surface area contributed by atoms with Crippen LogP contribution in [0.4, 0.5) is 0 Å². The molecule has 0 aliphatic rings. The van der Waals surface area contributed by atoms with Crippen LogP contribution in [-0.2, 0) is 9.59 Å². The van der Waals surface area contributed by atoms with E-state index in [0.29, 0.717) is 5.75 Å². The third-order valence-electron chi connectivity index (χ3n) is 3.10. The summed E-state index contributed by atoms with van der Waals surface area (Å²) in [7, 11) is 0. The lowest BCUT2D eigenvalue weighted by Gasteiger charge is -2.16. The summed E-state index contributed by atoms with van der Waals surface area (Å²) in [6.45, 7) is 5.28. The standard InChI is InChI=1S/C15H19N5O3/c1-15(2,3)13(21)8-16-14(22)9-23-12-6-4-11(5-7-12)20-10-17-18-19-20/h4-7,10H,8-9H2,1-3H3,(H,16,22). The zero-order valence-corrected chi connectivity index (χ0v) is 13.3. The first kappa shape index (κ1) is 16.6. The summed E-state index contributed by atoms with van der Waals surface area (Å²) in [6.07, 6.45) is 1.48. The Balaban J connectivity index is 1.79. The molecule has 0 spiro atoms. The minimum Gasteiger partial charge on any atom is -0.484 e. The second-order valence-corrected chi connectivity index (χ2v) is 5.99. The number of ether oxygens (including phenoxy) is 1. The summed E-state index contributed by atoms with van der Waals surface area (Å²) in [6, 6.07) is 6.97. The molecule has 1 aromatic heterocycles. The Morgan fingerprint density at radius 3 is 2.48 bits per heavy atom. The van der Waals surface area contributed by atoms with Gasteiger partial charge in [0.25, 0.3) is 5.91 Å². The van der Waals surface area contributed by atoms with Crippen molar-refractivity contribution in [1.29, 1.82) is 0 Å². The molecule has 0 saturated heterocycles. The molecule has 122 valence electrons. The fourth-order valence-corrected chi connectivity index (χ4v) is 1.62. The fraction of sp³-hybridized carbons (Fsp3) is 0.400. The van der Waals surface area contributed by atoms with Crippen LogP contribution in [0.25, 0.3) is 5.69 Å². The Bertz CT molecular complexity index is 659. The minimum absolute atomic E-state index is 0.00390. The number of carbonyl (C=O) groups excluding carboxylic acids is 2. The van der Waals surface area contributed by atoms with Gasteiger partial charge in [0.05, 0.1) is 12.2 Å². The molecular formula is C15H19N5O3. The van der Waals surface area contributed by atoms with Gasteiger partial charge in [-0.3, -0.25) is 9.59 Å². The van der Waals surface area contributed by atoms with E-state index >= 15 is 0 Å². The fourth-order valence-electron chi connectivity index (χ4n) is 1.62. The molecule has 1 heterocycles. The van der Waals surface area contributed by atoms with Gasteiger partial charge in [0, 0.05) is 5.41 Å². The van der Waals surface area contributed by atoms with Crippen molar-refractivity contribution >= 4 is 11.7 Å². The number of carbonyl (C=O) groups is 2. The van der Waals surface area contributed by atoms with Crippen LogP contribution >= 0.6 is 0 Å². The van der Waals surface area contributed by atoms with E-state index in [4.69, 9.17) is 4.74 Å². The third kappa shape index (κ3) is 4.87. The average molecular weight is 317 g/mol. The maximum Gasteiger partial charge on any atom is 0.258 e. The van der Waals surface area contributed by atoms with Crippen molar-refractivity contribution in [2.75, 3.05) is 13.2 Å². The van der Waals surface area contributed by atoms with Crippen LogP contribution < -0.4 is 10.1 Å². The molecule has 8 nitrogen and oxygen atoms in total. The summed E-state index contributed by atoms with van der Waals surface area (Å²) in [5.41, 5.74) is 0.308. The summed E-state index contributed by atoms with van der Waals surface area (Å²) in [5, 5.41) is 13.4. The van der Waals surface area contributed by atoms with Crippen molar-refractivity contribution in [3.63, 3.8) is 0 Å². The van der Waals surface area contributed by atoms with Gasteiger partial charge in [-0.25, -0.2) is 4.68 Å². The van der Waals surface area contributed by atoms with Crippen LogP contribution in [0.1, 0.15) is 20.8 Å². The first-order chi connectivity index (χ1) is 10.9. The van der Waals surface area contributed by atoms with Crippen molar-refractivity contribution in [1.82, 2.24) is 25.5 Å². The number of amides is 1. The molecule has 0 aliphatic heterocycles. The van der Waals surface area contributed by atoms with E-state index in [1.54, 1.807) is 24.3 Å². The molecular weight excluding hydrogens is 298 g/mol. The predicted molar refractivity (Wildman–Crippen MR) is 82.1 cm³/mol. The van der Waals surface area contributed by atoms with E-state index in [-0.39, 0.29) is 24.8 Å². The molecule has 1 N–H and O–H groups in total. The van der Waals surface area contributed by atoms with Crippen molar-refractivity contribution in [2.45, 2.75) is 20.8 Å². The lowest BCUT2D eigenvalue weighted by atomic mass is 9.91. The average Bonchev–Trinajstić information content (AvgIpc) is 3.04. The van der Waals surface area contributed by atoms with E-state index in [9.17, 15) is 9.59 Å². The van der Waals surface area contributed by atoms with Crippen molar-refractivity contribution < 1.29 is 14.3 Å². The highest BCUT2D eigenvalue weighted by atomic mass is 16.5. The van der Waals surface area contributed by atoms with Crippen LogP contribution in [0, 0.1) is 5.41 Å². The normalized spacial score (nSPS) is 11.1. The largest absolute Gasteiger partial charge is 0.484 e. The molecule has 1 amide bonds. The van der Waals surface area contributed by atoms with Gasteiger partial charge >= 0.3 is 0 Å². The highest BCUT2D eigenvalue weighted by Gasteiger charge is 2.21. The minimum atomic E-state index is -0.472. The zero-order chi connectivity index (χ0) is 16.9. The number of ketones is 1. The number of nitrogens with zero attached hydrogens (tertiary/aromatic N) is 4. The second-order valence-electron chi connectivity index (χ2n) is 5.99. The van der Waals surface area contributed by atoms with Crippen LogP contribution in [0.5, 0.6) is 5.75 Å². The molecule has 0 aliphatic carbocycles. The molecule has 0 saturated carbocycles. The maximum absolute atomic E-state index is 11.7. The molecule has 0 bridgehead atoms. The first-order valence-corrected chi connectivity index (χ1v) is 7.12. The molecule has 0 fully saturated rings. The quantitative estimate of drug-likeness (QED) is 0.845. The third-order valence-corrected chi connectivity index (χ3v) is 3.10. The number of benzene rings is 1. The number of rotatable bonds is 6. The Morgan fingerprint density at radius 1 is 1.22 bits per heavy atom. The number of nitrogens with one attached hydrogen (secondary N) is 1. The lowest BCUT2D eigenvalue weighted by molar-refractivity contribution is -0.129. The highest BCUT2D eigenvalue weighted by molar-refractivity contribution is 5.89. The van der Waals surface area contributed by atoms with Crippen LogP contribution in [-0.4, -0.2) is 45.0 Å². The molecule has 0 radical (unpaired) electrons. The lowest BCUT2D eigenvalue weighted by Crippen LogP contribution is -2.37. The number of aromatic nitrogens is 4. The molecule has 2 rings (SSSR count). The van der Waals surface area contributed by atoms with Gasteiger partial charge in [-0.15, -0.1) is 5.10 Å². The van der Waals surface area contributed by atoms with E-state index in [0.717, 1.165) is 5.69 Å². The topological polar surface area (TPSA) is 99.0 Å². The zero-order valence-electron chi connectivity index (χ0n) is 13.3.